The minimum atomic E-state index is -0.495. The van der Waals surface area contributed by atoms with Crippen molar-refractivity contribution in [3.05, 3.63) is 41.4 Å². The zero-order valence-electron chi connectivity index (χ0n) is 16.0. The summed E-state index contributed by atoms with van der Waals surface area (Å²) in [5.74, 6) is 1.14. The molecule has 7 nitrogen and oxygen atoms in total. The molecule has 0 saturated heterocycles. The van der Waals surface area contributed by atoms with Crippen molar-refractivity contribution < 1.29 is 13.9 Å². The summed E-state index contributed by atoms with van der Waals surface area (Å²) < 4.78 is 27.1. The van der Waals surface area contributed by atoms with Crippen LogP contribution in [0.15, 0.2) is 24.3 Å². The van der Waals surface area contributed by atoms with E-state index in [9.17, 15) is 0 Å². The highest BCUT2D eigenvalue weighted by Gasteiger charge is 2.27. The lowest BCUT2D eigenvalue weighted by atomic mass is 10.1. The molecule has 0 amide bonds. The summed E-state index contributed by atoms with van der Waals surface area (Å²) >= 11 is 0. The first-order valence-electron chi connectivity index (χ1n) is 9.45. The number of nitrogens with zero attached hydrogens (tertiary/aromatic N) is 2. The van der Waals surface area contributed by atoms with E-state index in [-0.39, 0.29) is 17.5 Å². The van der Waals surface area contributed by atoms with Crippen LogP contribution < -0.4 is 25.4 Å². The molecule has 3 N–H and O–H groups in total. The van der Waals surface area contributed by atoms with Gasteiger partial charge in [0.2, 0.25) is 5.95 Å². The van der Waals surface area contributed by atoms with E-state index >= 15 is 4.39 Å². The Morgan fingerprint density at radius 3 is 3.04 bits per heavy atom. The van der Waals surface area contributed by atoms with E-state index in [1.165, 1.54) is 0 Å². The van der Waals surface area contributed by atoms with Crippen LogP contribution in [0.25, 0.3) is 0 Å². The Bertz CT molecular complexity index is 903. The van der Waals surface area contributed by atoms with Gasteiger partial charge in [-0.25, -0.2) is 9.37 Å². The standard InChI is InChI=1S/C20H24FN5O2/c1-12-9-16(22-2)26-20(24-12)25-15-10-13-6-8-27-18(13)19(17(15)21)28-14-5-3-4-7-23-11-14/h3-4,9-10,14,23H,5-8,11H2,1-2H3,(H2,22,24,25,26). The highest BCUT2D eigenvalue weighted by atomic mass is 19.1. The number of anilines is 3. The summed E-state index contributed by atoms with van der Waals surface area (Å²) in [6, 6.07) is 3.57. The minimum Gasteiger partial charge on any atom is -0.489 e. The third-order valence-electron chi connectivity index (χ3n) is 4.71. The van der Waals surface area contributed by atoms with Crippen LogP contribution in [-0.2, 0) is 6.42 Å². The smallest absolute Gasteiger partial charge is 0.229 e. The minimum absolute atomic E-state index is 0.154. The summed E-state index contributed by atoms with van der Waals surface area (Å²) in [7, 11) is 1.78. The molecule has 1 aromatic heterocycles. The Morgan fingerprint density at radius 1 is 1.29 bits per heavy atom. The lowest BCUT2D eigenvalue weighted by molar-refractivity contribution is 0.186. The van der Waals surface area contributed by atoms with Gasteiger partial charge in [-0.2, -0.15) is 4.98 Å². The third-order valence-corrected chi connectivity index (χ3v) is 4.71. The second kappa shape index (κ2) is 8.02. The van der Waals surface area contributed by atoms with Crippen molar-refractivity contribution in [2.24, 2.45) is 0 Å². The predicted molar refractivity (Wildman–Crippen MR) is 106 cm³/mol. The second-order valence-electron chi connectivity index (χ2n) is 6.85. The zero-order chi connectivity index (χ0) is 19.5. The summed E-state index contributed by atoms with van der Waals surface area (Å²) in [6.07, 6.45) is 5.35. The second-order valence-corrected chi connectivity index (χ2v) is 6.85. The van der Waals surface area contributed by atoms with E-state index in [1.807, 2.05) is 25.1 Å². The molecule has 148 valence electrons. The molecule has 2 aliphatic rings. The summed E-state index contributed by atoms with van der Waals surface area (Å²) in [6.45, 7) is 3.81. The van der Waals surface area contributed by atoms with E-state index in [2.05, 4.69) is 25.9 Å². The number of nitrogens with one attached hydrogen (secondary N) is 3. The molecule has 2 aromatic rings. The molecular formula is C20H24FN5O2. The van der Waals surface area contributed by atoms with Crippen molar-refractivity contribution in [1.29, 1.82) is 0 Å². The lowest BCUT2D eigenvalue weighted by Crippen LogP contribution is -2.30. The lowest BCUT2D eigenvalue weighted by Gasteiger charge is -2.20. The van der Waals surface area contributed by atoms with Gasteiger partial charge >= 0.3 is 0 Å². The Hall–Kier alpha value is -2.87. The van der Waals surface area contributed by atoms with E-state index in [1.54, 1.807) is 13.1 Å². The molecule has 8 heteroatoms. The number of halogens is 1. The fraction of sp³-hybridized carbons (Fsp3) is 0.400. The number of hydrogen-bond acceptors (Lipinski definition) is 7. The molecule has 0 bridgehead atoms. The van der Waals surface area contributed by atoms with Crippen molar-refractivity contribution in [3.8, 4) is 11.5 Å². The van der Waals surface area contributed by atoms with Crippen molar-refractivity contribution in [2.45, 2.75) is 25.9 Å². The van der Waals surface area contributed by atoms with Crippen LogP contribution in [0.3, 0.4) is 0 Å². The van der Waals surface area contributed by atoms with Gasteiger partial charge in [0, 0.05) is 50.3 Å². The van der Waals surface area contributed by atoms with Gasteiger partial charge in [0.15, 0.2) is 17.3 Å². The van der Waals surface area contributed by atoms with Gasteiger partial charge in [0.1, 0.15) is 11.9 Å². The van der Waals surface area contributed by atoms with Crippen molar-refractivity contribution in [2.75, 3.05) is 37.4 Å². The topological polar surface area (TPSA) is 80.3 Å². The number of aryl methyl sites for hydroxylation is 1. The molecule has 0 radical (unpaired) electrons. The van der Waals surface area contributed by atoms with E-state index in [0.29, 0.717) is 43.5 Å². The Morgan fingerprint density at radius 2 is 2.18 bits per heavy atom. The maximum Gasteiger partial charge on any atom is 0.229 e. The Labute approximate surface area is 163 Å². The highest BCUT2D eigenvalue weighted by molar-refractivity contribution is 5.66. The van der Waals surface area contributed by atoms with Crippen molar-refractivity contribution >= 4 is 17.5 Å². The van der Waals surface area contributed by atoms with Crippen LogP contribution in [0.4, 0.5) is 21.8 Å². The normalized spacial score (nSPS) is 18.2. The first kappa shape index (κ1) is 18.5. The maximum absolute atomic E-state index is 15.4. The third kappa shape index (κ3) is 3.87. The molecule has 1 aromatic carbocycles. The number of benzene rings is 1. The number of hydrogen-bond donors (Lipinski definition) is 3. The van der Waals surface area contributed by atoms with Gasteiger partial charge < -0.3 is 25.4 Å². The van der Waals surface area contributed by atoms with Crippen LogP contribution in [0.5, 0.6) is 11.5 Å². The Balaban J connectivity index is 1.67. The first-order valence-corrected chi connectivity index (χ1v) is 9.45. The SMILES string of the molecule is CNc1cc(C)nc(Nc2cc3c(c(OC4CC=CCNC4)c2F)OCC3)n1. The fourth-order valence-corrected chi connectivity index (χ4v) is 3.35. The number of ether oxygens (including phenoxy) is 2. The average molecular weight is 385 g/mol. The molecular weight excluding hydrogens is 361 g/mol. The molecule has 1 unspecified atom stereocenters. The van der Waals surface area contributed by atoms with Crippen molar-refractivity contribution in [3.63, 3.8) is 0 Å². The first-order chi connectivity index (χ1) is 13.6. The number of rotatable bonds is 5. The molecule has 0 aliphatic carbocycles. The highest BCUT2D eigenvalue weighted by Crippen LogP contribution is 2.43. The largest absolute Gasteiger partial charge is 0.489 e. The van der Waals surface area contributed by atoms with E-state index < -0.39 is 5.82 Å². The Kier molecular flexibility index (Phi) is 5.29. The number of fused-ring (bicyclic) bond motifs is 1. The van der Waals surface area contributed by atoms with Crippen LogP contribution in [-0.4, -0.2) is 42.8 Å². The van der Waals surface area contributed by atoms with Gasteiger partial charge in [0.25, 0.3) is 0 Å². The molecule has 2 aliphatic heterocycles. The van der Waals surface area contributed by atoms with Crippen LogP contribution in [0, 0.1) is 12.7 Å². The monoisotopic (exact) mass is 385 g/mol. The zero-order valence-corrected chi connectivity index (χ0v) is 16.0. The molecule has 0 fully saturated rings. The molecule has 28 heavy (non-hydrogen) atoms. The molecule has 3 heterocycles. The summed E-state index contributed by atoms with van der Waals surface area (Å²) in [5, 5.41) is 9.24. The van der Waals surface area contributed by atoms with Gasteiger partial charge in [-0.3, -0.25) is 0 Å². The average Bonchev–Trinajstić information content (AvgIpc) is 2.99. The van der Waals surface area contributed by atoms with Gasteiger partial charge in [-0.05, 0) is 13.0 Å². The predicted octanol–water partition coefficient (Wildman–Crippen LogP) is 2.94. The molecule has 0 spiro atoms. The summed E-state index contributed by atoms with van der Waals surface area (Å²) in [5.41, 5.74) is 1.97. The van der Waals surface area contributed by atoms with E-state index in [4.69, 9.17) is 9.47 Å². The van der Waals surface area contributed by atoms with Gasteiger partial charge in [-0.1, -0.05) is 12.2 Å². The van der Waals surface area contributed by atoms with Gasteiger partial charge in [-0.15, -0.1) is 0 Å². The van der Waals surface area contributed by atoms with Crippen molar-refractivity contribution in [1.82, 2.24) is 15.3 Å². The van der Waals surface area contributed by atoms with Crippen LogP contribution in [0.2, 0.25) is 0 Å². The number of aromatic nitrogens is 2. The molecule has 1 atom stereocenters. The summed E-state index contributed by atoms with van der Waals surface area (Å²) in [4.78, 5) is 8.70. The van der Waals surface area contributed by atoms with Gasteiger partial charge in [0.05, 0.1) is 12.3 Å². The molecule has 4 rings (SSSR count). The quantitative estimate of drug-likeness (QED) is 0.683. The van der Waals surface area contributed by atoms with E-state index in [0.717, 1.165) is 17.8 Å². The van der Waals surface area contributed by atoms with Crippen LogP contribution >= 0.6 is 0 Å². The fourth-order valence-electron chi connectivity index (χ4n) is 3.35. The molecule has 0 saturated carbocycles. The maximum atomic E-state index is 15.4. The van der Waals surface area contributed by atoms with Crippen LogP contribution in [0.1, 0.15) is 17.7 Å².